The maximum atomic E-state index is 12.2. The SMILES string of the molecule is CC(CC(=O)O)c1ccc(C2CCN(C(=O)OC(C)(C)C)C(O)C2)cc1. The fourth-order valence-corrected chi connectivity index (χ4v) is 3.26. The molecule has 144 valence electrons. The van der Waals surface area contributed by atoms with Gasteiger partial charge in [-0.15, -0.1) is 0 Å². The summed E-state index contributed by atoms with van der Waals surface area (Å²) in [5.41, 5.74) is 1.50. The van der Waals surface area contributed by atoms with Crippen LogP contribution in [0.2, 0.25) is 0 Å². The van der Waals surface area contributed by atoms with E-state index in [2.05, 4.69) is 0 Å². The monoisotopic (exact) mass is 363 g/mol. The first-order valence-corrected chi connectivity index (χ1v) is 9.06. The molecule has 0 aliphatic carbocycles. The summed E-state index contributed by atoms with van der Waals surface area (Å²) < 4.78 is 5.34. The Labute approximate surface area is 154 Å². The number of carbonyl (C=O) groups excluding carboxylic acids is 1. The van der Waals surface area contributed by atoms with Gasteiger partial charge in [-0.3, -0.25) is 9.69 Å². The highest BCUT2D eigenvalue weighted by molar-refractivity contribution is 5.68. The van der Waals surface area contributed by atoms with Crippen molar-refractivity contribution in [3.8, 4) is 0 Å². The minimum Gasteiger partial charge on any atom is -0.481 e. The van der Waals surface area contributed by atoms with Gasteiger partial charge in [0.1, 0.15) is 11.8 Å². The molecule has 0 aromatic heterocycles. The van der Waals surface area contributed by atoms with Gasteiger partial charge >= 0.3 is 12.1 Å². The Balaban J connectivity index is 1.98. The van der Waals surface area contributed by atoms with Crippen molar-refractivity contribution in [3.63, 3.8) is 0 Å². The third kappa shape index (κ3) is 5.46. The summed E-state index contributed by atoms with van der Waals surface area (Å²) in [6.07, 6.45) is -0.0360. The highest BCUT2D eigenvalue weighted by Crippen LogP contribution is 2.32. The zero-order valence-corrected chi connectivity index (χ0v) is 15.9. The van der Waals surface area contributed by atoms with Gasteiger partial charge in [0.25, 0.3) is 0 Å². The number of nitrogens with zero attached hydrogens (tertiary/aromatic N) is 1. The molecule has 6 heteroatoms. The third-order valence-corrected chi connectivity index (χ3v) is 4.66. The maximum Gasteiger partial charge on any atom is 0.412 e. The van der Waals surface area contributed by atoms with Crippen LogP contribution in [0.4, 0.5) is 4.79 Å². The lowest BCUT2D eigenvalue weighted by Crippen LogP contribution is -2.47. The van der Waals surface area contributed by atoms with Crippen LogP contribution in [0.15, 0.2) is 24.3 Å². The Morgan fingerprint density at radius 1 is 1.27 bits per heavy atom. The zero-order valence-electron chi connectivity index (χ0n) is 15.9. The van der Waals surface area contributed by atoms with E-state index in [9.17, 15) is 14.7 Å². The van der Waals surface area contributed by atoms with E-state index in [1.54, 1.807) is 20.8 Å². The molecule has 0 radical (unpaired) electrons. The number of carboxylic acid groups (broad SMARTS) is 1. The highest BCUT2D eigenvalue weighted by Gasteiger charge is 2.33. The predicted octanol–water partition coefficient (Wildman–Crippen LogP) is 3.70. The molecule has 3 atom stereocenters. The number of aliphatic hydroxyl groups is 1. The quantitative estimate of drug-likeness (QED) is 0.852. The standard InChI is InChI=1S/C20H29NO5/c1-13(11-18(23)24)14-5-7-15(8-6-14)16-9-10-21(17(22)12-16)19(25)26-20(2,3)4/h5-8,13,16-17,22H,9-12H2,1-4H3,(H,23,24). The van der Waals surface area contributed by atoms with Crippen LogP contribution in [0.5, 0.6) is 0 Å². The van der Waals surface area contributed by atoms with Gasteiger partial charge in [0.05, 0.1) is 6.42 Å². The minimum atomic E-state index is -0.866. The molecule has 1 aromatic rings. The van der Waals surface area contributed by atoms with Crippen molar-refractivity contribution >= 4 is 12.1 Å². The number of aliphatic hydroxyl groups excluding tert-OH is 1. The molecule has 1 heterocycles. The summed E-state index contributed by atoms with van der Waals surface area (Å²) in [5.74, 6) is -0.687. The molecule has 3 unspecified atom stereocenters. The molecule has 1 saturated heterocycles. The number of ether oxygens (including phenoxy) is 1. The molecular weight excluding hydrogens is 334 g/mol. The second kappa shape index (κ2) is 8.08. The fraction of sp³-hybridized carbons (Fsp3) is 0.600. The van der Waals surface area contributed by atoms with Crippen LogP contribution in [0, 0.1) is 0 Å². The fourth-order valence-electron chi connectivity index (χ4n) is 3.26. The van der Waals surface area contributed by atoms with Crippen LogP contribution in [-0.4, -0.2) is 45.5 Å². The van der Waals surface area contributed by atoms with Crippen molar-refractivity contribution < 1.29 is 24.5 Å². The molecule has 26 heavy (non-hydrogen) atoms. The minimum absolute atomic E-state index is 0.0406. The summed E-state index contributed by atoms with van der Waals surface area (Å²) in [6.45, 7) is 7.74. The van der Waals surface area contributed by atoms with Gasteiger partial charge < -0.3 is 14.9 Å². The molecule has 0 spiro atoms. The second-order valence-electron chi connectivity index (χ2n) is 8.04. The van der Waals surface area contributed by atoms with E-state index in [-0.39, 0.29) is 18.3 Å². The van der Waals surface area contributed by atoms with Gasteiger partial charge in [-0.05, 0) is 56.6 Å². The van der Waals surface area contributed by atoms with Gasteiger partial charge in [0.15, 0.2) is 0 Å². The number of carboxylic acids is 1. The van der Waals surface area contributed by atoms with Crippen molar-refractivity contribution in [3.05, 3.63) is 35.4 Å². The molecule has 1 amide bonds. The van der Waals surface area contributed by atoms with Gasteiger partial charge in [-0.1, -0.05) is 31.2 Å². The molecule has 0 bridgehead atoms. The summed E-state index contributed by atoms with van der Waals surface area (Å²) in [4.78, 5) is 24.4. The van der Waals surface area contributed by atoms with E-state index in [1.165, 1.54) is 4.90 Å². The Morgan fingerprint density at radius 2 is 1.88 bits per heavy atom. The van der Waals surface area contributed by atoms with Crippen molar-refractivity contribution in [2.45, 2.75) is 70.6 Å². The summed E-state index contributed by atoms with van der Waals surface area (Å²) in [5, 5.41) is 19.3. The smallest absolute Gasteiger partial charge is 0.412 e. The van der Waals surface area contributed by atoms with E-state index in [0.29, 0.717) is 13.0 Å². The number of rotatable bonds is 4. The maximum absolute atomic E-state index is 12.2. The molecule has 1 fully saturated rings. The zero-order chi connectivity index (χ0) is 19.5. The lowest BCUT2D eigenvalue weighted by Gasteiger charge is -2.37. The van der Waals surface area contributed by atoms with E-state index < -0.39 is 23.9 Å². The van der Waals surface area contributed by atoms with Crippen LogP contribution < -0.4 is 0 Å². The van der Waals surface area contributed by atoms with E-state index in [0.717, 1.165) is 17.5 Å². The molecule has 6 nitrogen and oxygen atoms in total. The summed E-state index contributed by atoms with van der Waals surface area (Å²) in [7, 11) is 0. The number of benzene rings is 1. The first-order chi connectivity index (χ1) is 12.1. The van der Waals surface area contributed by atoms with Crippen molar-refractivity contribution in [1.82, 2.24) is 4.90 Å². The number of hydrogen-bond acceptors (Lipinski definition) is 4. The molecule has 2 N–H and O–H groups in total. The Hall–Kier alpha value is -2.08. The second-order valence-corrected chi connectivity index (χ2v) is 8.04. The van der Waals surface area contributed by atoms with E-state index in [1.807, 2.05) is 31.2 Å². The van der Waals surface area contributed by atoms with Crippen LogP contribution >= 0.6 is 0 Å². The molecule has 1 aliphatic heterocycles. The van der Waals surface area contributed by atoms with Crippen LogP contribution in [0.1, 0.15) is 69.9 Å². The Bertz CT molecular complexity index is 635. The predicted molar refractivity (Wildman–Crippen MR) is 98.0 cm³/mol. The number of hydrogen-bond donors (Lipinski definition) is 2. The number of aliphatic carboxylic acids is 1. The van der Waals surface area contributed by atoms with Crippen LogP contribution in [0.3, 0.4) is 0 Å². The van der Waals surface area contributed by atoms with Gasteiger partial charge in [-0.25, -0.2) is 4.79 Å². The van der Waals surface area contributed by atoms with Gasteiger partial charge in [0, 0.05) is 6.54 Å². The normalized spacial score (nSPS) is 22.0. The van der Waals surface area contributed by atoms with Gasteiger partial charge in [-0.2, -0.15) is 0 Å². The molecule has 2 rings (SSSR count). The average Bonchev–Trinajstić information content (AvgIpc) is 2.52. The lowest BCUT2D eigenvalue weighted by molar-refractivity contribution is -0.137. The molecular formula is C20H29NO5. The molecule has 1 aromatic carbocycles. The van der Waals surface area contributed by atoms with Crippen molar-refractivity contribution in [2.75, 3.05) is 6.54 Å². The number of carbonyl (C=O) groups is 2. The largest absolute Gasteiger partial charge is 0.481 e. The lowest BCUT2D eigenvalue weighted by atomic mass is 9.87. The topological polar surface area (TPSA) is 87.1 Å². The number of piperidine rings is 1. The number of amides is 1. The van der Waals surface area contributed by atoms with Crippen LogP contribution in [0.25, 0.3) is 0 Å². The number of likely N-dealkylation sites (tertiary alicyclic amines) is 1. The Morgan fingerprint density at radius 3 is 2.38 bits per heavy atom. The van der Waals surface area contributed by atoms with E-state index in [4.69, 9.17) is 9.84 Å². The van der Waals surface area contributed by atoms with Crippen molar-refractivity contribution in [2.24, 2.45) is 0 Å². The summed E-state index contributed by atoms with van der Waals surface area (Å²) in [6, 6.07) is 7.90. The third-order valence-electron chi connectivity index (χ3n) is 4.66. The first kappa shape index (κ1) is 20.2. The Kier molecular flexibility index (Phi) is 6.29. The van der Waals surface area contributed by atoms with Crippen LogP contribution in [-0.2, 0) is 9.53 Å². The molecule has 0 saturated carbocycles. The van der Waals surface area contributed by atoms with Crippen molar-refractivity contribution in [1.29, 1.82) is 0 Å². The summed E-state index contributed by atoms with van der Waals surface area (Å²) >= 11 is 0. The van der Waals surface area contributed by atoms with E-state index >= 15 is 0 Å². The average molecular weight is 363 g/mol. The molecule has 1 aliphatic rings. The van der Waals surface area contributed by atoms with Gasteiger partial charge in [0.2, 0.25) is 0 Å². The highest BCUT2D eigenvalue weighted by atomic mass is 16.6. The first-order valence-electron chi connectivity index (χ1n) is 9.06.